The van der Waals surface area contributed by atoms with Crippen molar-refractivity contribution < 1.29 is 4.74 Å². The second-order valence-electron chi connectivity index (χ2n) is 5.68. The number of allylic oxidation sites excluding steroid dienone is 1. The van der Waals surface area contributed by atoms with Crippen molar-refractivity contribution in [3.8, 4) is 11.8 Å². The van der Waals surface area contributed by atoms with Gasteiger partial charge in [-0.1, -0.05) is 12.1 Å². The van der Waals surface area contributed by atoms with Crippen molar-refractivity contribution in [2.24, 2.45) is 0 Å². The molecule has 0 N–H and O–H groups in total. The van der Waals surface area contributed by atoms with Crippen molar-refractivity contribution in [1.82, 2.24) is 0 Å². The summed E-state index contributed by atoms with van der Waals surface area (Å²) < 4.78 is 5.16. The highest BCUT2D eigenvalue weighted by Crippen LogP contribution is 2.24. The lowest BCUT2D eigenvalue weighted by atomic mass is 10.0. The van der Waals surface area contributed by atoms with Gasteiger partial charge in [-0.2, -0.15) is 5.26 Å². The quantitative estimate of drug-likeness (QED) is 0.622. The third kappa shape index (κ3) is 3.54. The van der Waals surface area contributed by atoms with E-state index in [1.54, 1.807) is 7.11 Å². The highest BCUT2D eigenvalue weighted by molar-refractivity contribution is 5.89. The fraction of sp³-hybridized carbons (Fsp3) is 0.250. The van der Waals surface area contributed by atoms with Crippen LogP contribution in [0.4, 0.5) is 5.69 Å². The van der Waals surface area contributed by atoms with E-state index in [1.165, 1.54) is 18.5 Å². The minimum atomic E-state index is 0.654. The molecule has 3 heteroatoms. The Hall–Kier alpha value is -2.73. The molecule has 0 spiro atoms. The average Bonchev–Trinajstić information content (AvgIpc) is 3.15. The van der Waals surface area contributed by atoms with Crippen LogP contribution in [0.2, 0.25) is 0 Å². The van der Waals surface area contributed by atoms with E-state index in [0.29, 0.717) is 5.57 Å². The molecule has 0 bridgehead atoms. The van der Waals surface area contributed by atoms with E-state index in [1.807, 2.05) is 30.3 Å². The third-order valence-electron chi connectivity index (χ3n) is 4.20. The normalized spacial score (nSPS) is 14.6. The van der Waals surface area contributed by atoms with Crippen molar-refractivity contribution in [1.29, 1.82) is 5.26 Å². The molecule has 3 nitrogen and oxygen atoms in total. The van der Waals surface area contributed by atoms with Crippen molar-refractivity contribution in [3.05, 3.63) is 59.7 Å². The Morgan fingerprint density at radius 1 is 1.04 bits per heavy atom. The predicted molar refractivity (Wildman–Crippen MR) is 94.4 cm³/mol. The van der Waals surface area contributed by atoms with E-state index in [2.05, 4.69) is 35.2 Å². The summed E-state index contributed by atoms with van der Waals surface area (Å²) in [6, 6.07) is 18.3. The van der Waals surface area contributed by atoms with Crippen LogP contribution in [0.1, 0.15) is 24.0 Å². The van der Waals surface area contributed by atoms with Crippen LogP contribution in [0.5, 0.6) is 5.75 Å². The van der Waals surface area contributed by atoms with Gasteiger partial charge in [-0.05, 0) is 66.4 Å². The number of rotatable bonds is 4. The van der Waals surface area contributed by atoms with Gasteiger partial charge < -0.3 is 9.64 Å². The van der Waals surface area contributed by atoms with E-state index in [0.717, 1.165) is 30.0 Å². The van der Waals surface area contributed by atoms with E-state index in [-0.39, 0.29) is 0 Å². The minimum Gasteiger partial charge on any atom is -0.497 e. The maximum Gasteiger partial charge on any atom is 0.118 e. The third-order valence-corrected chi connectivity index (χ3v) is 4.20. The average molecular weight is 304 g/mol. The second kappa shape index (κ2) is 7.02. The zero-order valence-electron chi connectivity index (χ0n) is 13.3. The molecule has 0 aromatic heterocycles. The summed E-state index contributed by atoms with van der Waals surface area (Å²) in [5, 5.41) is 9.44. The van der Waals surface area contributed by atoms with Gasteiger partial charge in [0.05, 0.1) is 18.8 Å². The molecule has 2 aromatic rings. The number of methoxy groups -OCH3 is 1. The zero-order valence-corrected chi connectivity index (χ0v) is 13.3. The Morgan fingerprint density at radius 3 is 2.26 bits per heavy atom. The zero-order chi connectivity index (χ0) is 16.1. The molecule has 0 saturated carbocycles. The maximum atomic E-state index is 9.44. The Labute approximate surface area is 137 Å². The van der Waals surface area contributed by atoms with E-state index < -0.39 is 0 Å². The summed E-state index contributed by atoms with van der Waals surface area (Å²) >= 11 is 0. The number of ether oxygens (including phenoxy) is 1. The molecule has 1 saturated heterocycles. The van der Waals surface area contributed by atoms with Crippen LogP contribution in [-0.4, -0.2) is 20.2 Å². The smallest absolute Gasteiger partial charge is 0.118 e. The number of anilines is 1. The molecule has 1 heterocycles. The highest BCUT2D eigenvalue weighted by atomic mass is 16.5. The van der Waals surface area contributed by atoms with Gasteiger partial charge in [-0.15, -0.1) is 0 Å². The van der Waals surface area contributed by atoms with Crippen LogP contribution in [-0.2, 0) is 0 Å². The number of benzene rings is 2. The Kier molecular flexibility index (Phi) is 4.63. The van der Waals surface area contributed by atoms with E-state index in [9.17, 15) is 5.26 Å². The molecule has 0 unspecified atom stereocenters. The summed E-state index contributed by atoms with van der Waals surface area (Å²) in [5.74, 6) is 0.793. The molecule has 2 aromatic carbocycles. The fourth-order valence-electron chi connectivity index (χ4n) is 2.87. The number of hydrogen-bond acceptors (Lipinski definition) is 3. The first kappa shape index (κ1) is 15.2. The monoisotopic (exact) mass is 304 g/mol. The molecule has 1 aliphatic rings. The molecular formula is C20H20N2O. The van der Waals surface area contributed by atoms with Crippen molar-refractivity contribution in [2.75, 3.05) is 25.1 Å². The lowest BCUT2D eigenvalue weighted by Crippen LogP contribution is -2.17. The SMILES string of the molecule is COc1ccc(/C(C#N)=C/c2ccc(N3CCCC3)cc2)cc1. The lowest BCUT2D eigenvalue weighted by Gasteiger charge is -2.17. The second-order valence-corrected chi connectivity index (χ2v) is 5.68. The summed E-state index contributed by atoms with van der Waals surface area (Å²) in [7, 11) is 1.64. The minimum absolute atomic E-state index is 0.654. The van der Waals surface area contributed by atoms with Gasteiger partial charge in [0.25, 0.3) is 0 Å². The maximum absolute atomic E-state index is 9.44. The van der Waals surface area contributed by atoms with Gasteiger partial charge in [0.15, 0.2) is 0 Å². The van der Waals surface area contributed by atoms with Gasteiger partial charge in [0, 0.05) is 18.8 Å². The molecule has 0 amide bonds. The van der Waals surface area contributed by atoms with Gasteiger partial charge in [-0.3, -0.25) is 0 Å². The van der Waals surface area contributed by atoms with Crippen LogP contribution in [0.25, 0.3) is 11.6 Å². The topological polar surface area (TPSA) is 36.3 Å². The van der Waals surface area contributed by atoms with Crippen molar-refractivity contribution >= 4 is 17.3 Å². The fourth-order valence-corrected chi connectivity index (χ4v) is 2.87. The standard InChI is InChI=1S/C20H20N2O/c1-23-20-10-6-17(7-11-20)18(15-21)14-16-4-8-19(9-5-16)22-12-2-3-13-22/h4-11,14H,2-3,12-13H2,1H3/b18-14+. The van der Waals surface area contributed by atoms with Crippen LogP contribution >= 0.6 is 0 Å². The largest absolute Gasteiger partial charge is 0.497 e. The summed E-state index contributed by atoms with van der Waals surface area (Å²) in [4.78, 5) is 2.40. The summed E-state index contributed by atoms with van der Waals surface area (Å²) in [6.07, 6.45) is 4.48. The van der Waals surface area contributed by atoms with Crippen molar-refractivity contribution in [3.63, 3.8) is 0 Å². The molecule has 0 atom stereocenters. The molecule has 23 heavy (non-hydrogen) atoms. The molecular weight excluding hydrogens is 284 g/mol. The van der Waals surface area contributed by atoms with E-state index in [4.69, 9.17) is 4.74 Å². The number of nitrogens with zero attached hydrogens (tertiary/aromatic N) is 2. The first-order chi connectivity index (χ1) is 11.3. The van der Waals surface area contributed by atoms with Crippen LogP contribution < -0.4 is 9.64 Å². The van der Waals surface area contributed by atoms with Gasteiger partial charge >= 0.3 is 0 Å². The first-order valence-corrected chi connectivity index (χ1v) is 7.91. The molecule has 1 fully saturated rings. The number of nitriles is 1. The highest BCUT2D eigenvalue weighted by Gasteiger charge is 2.11. The molecule has 1 aliphatic heterocycles. The first-order valence-electron chi connectivity index (χ1n) is 7.91. The van der Waals surface area contributed by atoms with Gasteiger partial charge in [-0.25, -0.2) is 0 Å². The molecule has 0 aliphatic carbocycles. The summed E-state index contributed by atoms with van der Waals surface area (Å²) in [6.45, 7) is 2.29. The lowest BCUT2D eigenvalue weighted by molar-refractivity contribution is 0.415. The van der Waals surface area contributed by atoms with Crippen LogP contribution in [0.3, 0.4) is 0 Å². The van der Waals surface area contributed by atoms with Gasteiger partial charge in [0.1, 0.15) is 5.75 Å². The molecule has 0 radical (unpaired) electrons. The van der Waals surface area contributed by atoms with Gasteiger partial charge in [0.2, 0.25) is 0 Å². The van der Waals surface area contributed by atoms with Crippen LogP contribution in [0, 0.1) is 11.3 Å². The Morgan fingerprint density at radius 2 is 1.70 bits per heavy atom. The Balaban J connectivity index is 1.81. The predicted octanol–water partition coefficient (Wildman–Crippen LogP) is 4.36. The molecule has 116 valence electrons. The van der Waals surface area contributed by atoms with Crippen LogP contribution in [0.15, 0.2) is 48.5 Å². The number of hydrogen-bond donors (Lipinski definition) is 0. The summed E-state index contributed by atoms with van der Waals surface area (Å²) in [5.41, 5.74) is 3.86. The van der Waals surface area contributed by atoms with Crippen molar-refractivity contribution in [2.45, 2.75) is 12.8 Å². The molecule has 3 rings (SSSR count). The van der Waals surface area contributed by atoms with E-state index >= 15 is 0 Å². The Bertz CT molecular complexity index is 718.